The van der Waals surface area contributed by atoms with Gasteiger partial charge in [-0.15, -0.1) is 0 Å². The van der Waals surface area contributed by atoms with E-state index in [4.69, 9.17) is 0 Å². The lowest BCUT2D eigenvalue weighted by atomic mass is 9.97. The molecule has 0 radical (unpaired) electrons. The smallest absolute Gasteiger partial charge is 0.123 e. The van der Waals surface area contributed by atoms with E-state index in [2.05, 4.69) is 0 Å². The summed E-state index contributed by atoms with van der Waals surface area (Å²) in [6.45, 7) is 1.80. The van der Waals surface area contributed by atoms with Crippen LogP contribution in [0.4, 0.5) is 4.39 Å². The molecule has 1 aliphatic carbocycles. The van der Waals surface area contributed by atoms with Gasteiger partial charge in [0, 0.05) is 0 Å². The maximum absolute atomic E-state index is 13.0. The van der Waals surface area contributed by atoms with Gasteiger partial charge >= 0.3 is 0 Å². The van der Waals surface area contributed by atoms with E-state index in [9.17, 15) is 14.6 Å². The Labute approximate surface area is 88.4 Å². The van der Waals surface area contributed by atoms with Gasteiger partial charge in [-0.1, -0.05) is 6.07 Å². The van der Waals surface area contributed by atoms with Crippen LogP contribution in [0.2, 0.25) is 0 Å². The minimum atomic E-state index is -0.965. The van der Waals surface area contributed by atoms with E-state index in [0.717, 1.165) is 18.4 Å². The molecule has 1 aromatic rings. The molecule has 2 unspecified atom stereocenters. The highest BCUT2D eigenvalue weighted by Crippen LogP contribution is 2.38. The van der Waals surface area contributed by atoms with Crippen LogP contribution in [0, 0.1) is 18.7 Å². The first-order chi connectivity index (χ1) is 7.09. The molecule has 0 bridgehead atoms. The Morgan fingerprint density at radius 2 is 2.00 bits per heavy atom. The number of aryl methyl sites for hydroxylation is 1. The van der Waals surface area contributed by atoms with Crippen LogP contribution < -0.4 is 0 Å². The largest absolute Gasteiger partial charge is 0.390 e. The first-order valence-corrected chi connectivity index (χ1v) is 5.22. The van der Waals surface area contributed by atoms with E-state index in [1.807, 2.05) is 0 Å². The Balaban J connectivity index is 2.23. The number of aliphatic hydroxyl groups excluding tert-OH is 2. The van der Waals surface area contributed by atoms with Crippen LogP contribution in [0.3, 0.4) is 0 Å². The van der Waals surface area contributed by atoms with E-state index >= 15 is 0 Å². The minimum Gasteiger partial charge on any atom is -0.390 e. The predicted octanol–water partition coefficient (Wildman–Crippen LogP) is 1.94. The standard InChI is InChI=1S/C12H15FO2/c1-7-2-5-9(13)6-10(7)12(15)11(14)8-3-4-8/h2,5-6,8,11-12,14-15H,3-4H2,1H3. The van der Waals surface area contributed by atoms with Crippen LogP contribution in [0.5, 0.6) is 0 Å². The maximum Gasteiger partial charge on any atom is 0.123 e. The summed E-state index contributed by atoms with van der Waals surface area (Å²) in [5, 5.41) is 19.6. The fraction of sp³-hybridized carbons (Fsp3) is 0.500. The third kappa shape index (κ3) is 2.19. The van der Waals surface area contributed by atoms with Gasteiger partial charge in [0.15, 0.2) is 0 Å². The summed E-state index contributed by atoms with van der Waals surface area (Å²) < 4.78 is 13.0. The van der Waals surface area contributed by atoms with Crippen molar-refractivity contribution in [3.05, 3.63) is 35.1 Å². The summed E-state index contributed by atoms with van der Waals surface area (Å²) in [7, 11) is 0. The molecule has 0 spiro atoms. The highest BCUT2D eigenvalue weighted by Gasteiger charge is 2.35. The number of benzene rings is 1. The maximum atomic E-state index is 13.0. The van der Waals surface area contributed by atoms with Gasteiger partial charge in [-0.3, -0.25) is 0 Å². The van der Waals surface area contributed by atoms with Crippen LogP contribution in [0.1, 0.15) is 30.1 Å². The predicted molar refractivity (Wildman–Crippen MR) is 54.8 cm³/mol. The summed E-state index contributed by atoms with van der Waals surface area (Å²) in [5.74, 6) is -0.194. The summed E-state index contributed by atoms with van der Waals surface area (Å²) in [6.07, 6.45) is 0.179. The summed E-state index contributed by atoms with van der Waals surface area (Å²) in [4.78, 5) is 0. The van der Waals surface area contributed by atoms with E-state index in [-0.39, 0.29) is 11.7 Å². The van der Waals surface area contributed by atoms with Gasteiger partial charge in [0.05, 0.1) is 6.10 Å². The third-order valence-corrected chi connectivity index (χ3v) is 2.99. The molecule has 2 N–H and O–H groups in total. The zero-order valence-corrected chi connectivity index (χ0v) is 8.65. The van der Waals surface area contributed by atoms with Crippen LogP contribution in [-0.2, 0) is 0 Å². The first-order valence-electron chi connectivity index (χ1n) is 5.22. The van der Waals surface area contributed by atoms with E-state index in [1.54, 1.807) is 13.0 Å². The normalized spacial score (nSPS) is 20.0. The van der Waals surface area contributed by atoms with Gasteiger partial charge in [-0.05, 0) is 48.9 Å². The fourth-order valence-corrected chi connectivity index (χ4v) is 1.81. The molecule has 2 rings (SSSR count). The molecule has 15 heavy (non-hydrogen) atoms. The monoisotopic (exact) mass is 210 g/mol. The number of rotatable bonds is 3. The highest BCUT2D eigenvalue weighted by molar-refractivity contribution is 5.29. The van der Waals surface area contributed by atoms with Crippen molar-refractivity contribution in [2.45, 2.75) is 32.0 Å². The zero-order valence-electron chi connectivity index (χ0n) is 8.65. The number of hydrogen-bond acceptors (Lipinski definition) is 2. The molecule has 0 heterocycles. The molecule has 3 heteroatoms. The van der Waals surface area contributed by atoms with Crippen molar-refractivity contribution in [1.82, 2.24) is 0 Å². The van der Waals surface area contributed by atoms with Crippen molar-refractivity contribution >= 4 is 0 Å². The zero-order chi connectivity index (χ0) is 11.0. The van der Waals surface area contributed by atoms with Gasteiger partial charge in [-0.25, -0.2) is 4.39 Å². The van der Waals surface area contributed by atoms with Crippen LogP contribution in [0.15, 0.2) is 18.2 Å². The summed E-state index contributed by atoms with van der Waals surface area (Å²) in [6, 6.07) is 4.27. The second kappa shape index (κ2) is 3.91. The number of aliphatic hydroxyl groups is 2. The quantitative estimate of drug-likeness (QED) is 0.800. The molecule has 0 amide bonds. The minimum absolute atomic E-state index is 0.183. The van der Waals surface area contributed by atoms with Crippen molar-refractivity contribution in [3.63, 3.8) is 0 Å². The van der Waals surface area contributed by atoms with Crippen LogP contribution in [0.25, 0.3) is 0 Å². The molecule has 1 fully saturated rings. The third-order valence-electron chi connectivity index (χ3n) is 2.99. The van der Waals surface area contributed by atoms with E-state index in [1.165, 1.54) is 12.1 Å². The van der Waals surface area contributed by atoms with Gasteiger partial charge in [0.1, 0.15) is 11.9 Å². The summed E-state index contributed by atoms with van der Waals surface area (Å²) >= 11 is 0. The second-order valence-electron chi connectivity index (χ2n) is 4.27. The van der Waals surface area contributed by atoms with Gasteiger partial charge in [-0.2, -0.15) is 0 Å². The topological polar surface area (TPSA) is 40.5 Å². The van der Waals surface area contributed by atoms with Crippen LogP contribution in [-0.4, -0.2) is 16.3 Å². The van der Waals surface area contributed by atoms with E-state index < -0.39 is 12.2 Å². The highest BCUT2D eigenvalue weighted by atomic mass is 19.1. The Bertz CT molecular complexity index is 361. The molecule has 1 saturated carbocycles. The van der Waals surface area contributed by atoms with Crippen molar-refractivity contribution in [1.29, 1.82) is 0 Å². The fourth-order valence-electron chi connectivity index (χ4n) is 1.81. The average molecular weight is 210 g/mol. The van der Waals surface area contributed by atoms with Gasteiger partial charge in [0.2, 0.25) is 0 Å². The Hall–Kier alpha value is -0.930. The molecule has 0 aliphatic heterocycles. The second-order valence-corrected chi connectivity index (χ2v) is 4.27. The van der Waals surface area contributed by atoms with Gasteiger partial charge < -0.3 is 10.2 Å². The summed E-state index contributed by atoms with van der Waals surface area (Å²) in [5.41, 5.74) is 1.30. The molecule has 82 valence electrons. The average Bonchev–Trinajstić information content (AvgIpc) is 3.03. The lowest BCUT2D eigenvalue weighted by molar-refractivity contribution is 0.00435. The molecule has 2 atom stereocenters. The molecule has 0 aromatic heterocycles. The van der Waals surface area contributed by atoms with E-state index in [0.29, 0.717) is 5.56 Å². The van der Waals surface area contributed by atoms with Crippen molar-refractivity contribution in [3.8, 4) is 0 Å². The van der Waals surface area contributed by atoms with Gasteiger partial charge in [0.25, 0.3) is 0 Å². The van der Waals surface area contributed by atoms with Crippen LogP contribution >= 0.6 is 0 Å². The molecule has 1 aliphatic rings. The Morgan fingerprint density at radius 1 is 1.33 bits per heavy atom. The number of hydrogen-bond donors (Lipinski definition) is 2. The molecule has 2 nitrogen and oxygen atoms in total. The Morgan fingerprint density at radius 3 is 2.60 bits per heavy atom. The molecular formula is C12H15FO2. The lowest BCUT2D eigenvalue weighted by Crippen LogP contribution is -2.21. The number of halogens is 1. The SMILES string of the molecule is Cc1ccc(F)cc1C(O)C(O)C1CC1. The van der Waals surface area contributed by atoms with Crippen molar-refractivity contribution in [2.75, 3.05) is 0 Å². The molecule has 1 aromatic carbocycles. The molecular weight excluding hydrogens is 195 g/mol. The first kappa shape index (κ1) is 10.6. The lowest BCUT2D eigenvalue weighted by Gasteiger charge is -2.19. The van der Waals surface area contributed by atoms with Crippen molar-refractivity contribution in [2.24, 2.45) is 5.92 Å². The molecule has 0 saturated heterocycles. The van der Waals surface area contributed by atoms with Crippen molar-refractivity contribution < 1.29 is 14.6 Å². The Kier molecular flexibility index (Phi) is 2.76.